The van der Waals surface area contributed by atoms with Crippen LogP contribution in [0.5, 0.6) is 0 Å². The quantitative estimate of drug-likeness (QED) is 0.209. The highest BCUT2D eigenvalue weighted by Gasteiger charge is 2.19. The molecule has 2 N–H and O–H groups in total. The van der Waals surface area contributed by atoms with Crippen molar-refractivity contribution < 1.29 is 0 Å². The molecular formula is C32H58N6. The highest BCUT2D eigenvalue weighted by molar-refractivity contribution is 4.97. The van der Waals surface area contributed by atoms with Gasteiger partial charge in [-0.25, -0.2) is 0 Å². The molecule has 1 unspecified atom stereocenters. The van der Waals surface area contributed by atoms with Crippen LogP contribution in [0.2, 0.25) is 0 Å². The van der Waals surface area contributed by atoms with Crippen molar-refractivity contribution in [2.24, 2.45) is 0 Å². The van der Waals surface area contributed by atoms with E-state index in [0.717, 1.165) is 121 Å². The summed E-state index contributed by atoms with van der Waals surface area (Å²) in [4.78, 5) is 10.2. The largest absolute Gasteiger partial charge is 0.387 e. The first-order valence-electron chi connectivity index (χ1n) is 14.4. The van der Waals surface area contributed by atoms with Gasteiger partial charge in [0.05, 0.1) is 0 Å². The monoisotopic (exact) mass is 526 g/mol. The summed E-state index contributed by atoms with van der Waals surface area (Å²) < 4.78 is 0. The van der Waals surface area contributed by atoms with E-state index < -0.39 is 0 Å². The van der Waals surface area contributed by atoms with E-state index in [4.69, 9.17) is 0 Å². The van der Waals surface area contributed by atoms with Gasteiger partial charge in [0.2, 0.25) is 0 Å². The van der Waals surface area contributed by atoms with E-state index in [0.29, 0.717) is 6.04 Å². The normalized spacial score (nSPS) is 17.5. The van der Waals surface area contributed by atoms with E-state index >= 15 is 0 Å². The van der Waals surface area contributed by atoms with Crippen molar-refractivity contribution in [1.29, 1.82) is 0 Å². The van der Waals surface area contributed by atoms with Gasteiger partial charge in [-0.2, -0.15) is 0 Å². The molecule has 0 aromatic rings. The Balaban J connectivity index is 2.67. The fourth-order valence-electron chi connectivity index (χ4n) is 4.74. The Morgan fingerprint density at radius 1 is 0.763 bits per heavy atom. The van der Waals surface area contributed by atoms with Crippen molar-refractivity contribution in [2.75, 3.05) is 78.5 Å². The lowest BCUT2D eigenvalue weighted by atomic mass is 10.1. The van der Waals surface area contributed by atoms with Gasteiger partial charge in [-0.05, 0) is 46.5 Å². The average molecular weight is 527 g/mol. The Bertz CT molecular complexity index is 757. The van der Waals surface area contributed by atoms with Crippen LogP contribution in [0.1, 0.15) is 46.5 Å². The van der Waals surface area contributed by atoms with E-state index in [1.807, 2.05) is 12.2 Å². The van der Waals surface area contributed by atoms with Gasteiger partial charge in [-0.1, -0.05) is 44.0 Å². The van der Waals surface area contributed by atoms with Crippen LogP contribution in [0.3, 0.4) is 0 Å². The molecule has 1 aliphatic rings. The summed E-state index contributed by atoms with van der Waals surface area (Å²) in [7, 11) is 0. The Kier molecular flexibility index (Phi) is 17.5. The molecule has 216 valence electrons. The molecule has 1 saturated heterocycles. The van der Waals surface area contributed by atoms with Crippen LogP contribution in [-0.2, 0) is 0 Å². The Morgan fingerprint density at radius 3 is 1.92 bits per heavy atom. The molecule has 0 aliphatic carbocycles. The third kappa shape index (κ3) is 15.2. The number of hydrogen-bond acceptors (Lipinski definition) is 6. The number of allylic oxidation sites excluding steroid dienone is 4. The molecule has 1 rings (SSSR count). The van der Waals surface area contributed by atoms with Gasteiger partial charge >= 0.3 is 0 Å². The van der Waals surface area contributed by atoms with Gasteiger partial charge in [0.1, 0.15) is 0 Å². The van der Waals surface area contributed by atoms with Crippen LogP contribution >= 0.6 is 0 Å². The van der Waals surface area contributed by atoms with Crippen molar-refractivity contribution in [2.45, 2.75) is 52.5 Å². The molecule has 0 saturated carbocycles. The third-order valence-electron chi connectivity index (χ3n) is 7.21. The highest BCUT2D eigenvalue weighted by Crippen LogP contribution is 2.13. The third-order valence-corrected chi connectivity index (χ3v) is 7.21. The molecular weight excluding hydrogens is 468 g/mol. The van der Waals surface area contributed by atoms with Crippen LogP contribution in [-0.4, -0.2) is 104 Å². The zero-order valence-electron chi connectivity index (χ0n) is 25.1. The van der Waals surface area contributed by atoms with Crippen molar-refractivity contribution in [1.82, 2.24) is 30.2 Å². The lowest BCUT2D eigenvalue weighted by molar-refractivity contribution is 0.129. The van der Waals surface area contributed by atoms with E-state index in [1.54, 1.807) is 0 Å². The second-order valence-corrected chi connectivity index (χ2v) is 10.9. The van der Waals surface area contributed by atoms with Crippen LogP contribution in [0.15, 0.2) is 74.3 Å². The molecule has 1 atom stereocenters. The van der Waals surface area contributed by atoms with E-state index in [9.17, 15) is 0 Å². The summed E-state index contributed by atoms with van der Waals surface area (Å²) in [5.74, 6) is 0. The molecule has 0 radical (unpaired) electrons. The van der Waals surface area contributed by atoms with Crippen LogP contribution < -0.4 is 10.6 Å². The predicted octanol–water partition coefficient (Wildman–Crippen LogP) is 4.85. The second-order valence-electron chi connectivity index (χ2n) is 10.9. The average Bonchev–Trinajstić information content (AvgIpc) is 2.86. The van der Waals surface area contributed by atoms with Crippen molar-refractivity contribution in [3.63, 3.8) is 0 Å². The van der Waals surface area contributed by atoms with E-state index in [-0.39, 0.29) is 0 Å². The minimum absolute atomic E-state index is 0.478. The molecule has 0 aromatic heterocycles. The summed E-state index contributed by atoms with van der Waals surface area (Å²) >= 11 is 0. The molecule has 0 bridgehead atoms. The molecule has 6 heteroatoms. The maximum absolute atomic E-state index is 4.28. The fourth-order valence-corrected chi connectivity index (χ4v) is 4.74. The van der Waals surface area contributed by atoms with Crippen molar-refractivity contribution in [3.05, 3.63) is 74.3 Å². The summed E-state index contributed by atoms with van der Waals surface area (Å²) in [6, 6.07) is 0.478. The Hall–Kier alpha value is -2.28. The maximum Gasteiger partial charge on any atom is 0.0317 e. The highest BCUT2D eigenvalue weighted by atomic mass is 15.3. The number of rotatable bonds is 17. The van der Waals surface area contributed by atoms with E-state index in [1.165, 1.54) is 5.57 Å². The summed E-state index contributed by atoms with van der Waals surface area (Å²) in [5, 5.41) is 6.86. The smallest absolute Gasteiger partial charge is 0.0317 e. The molecule has 6 nitrogen and oxygen atoms in total. The SMILES string of the molecule is C=CCCC(=C)NCCNC(=C)CCC(C)N1CCN(CC=C)CCN(CC(=C)C)CCN(C(=C)C)CC1. The summed E-state index contributed by atoms with van der Waals surface area (Å²) in [6.45, 7) is 43.0. The van der Waals surface area contributed by atoms with Gasteiger partial charge in [0, 0.05) is 102 Å². The van der Waals surface area contributed by atoms with Gasteiger partial charge in [-0.15, -0.1) is 13.2 Å². The molecule has 1 heterocycles. The Morgan fingerprint density at radius 2 is 1.32 bits per heavy atom. The summed E-state index contributed by atoms with van der Waals surface area (Å²) in [6.07, 6.45) is 7.93. The number of hydrogen-bond donors (Lipinski definition) is 2. The first kappa shape index (κ1) is 33.7. The molecule has 38 heavy (non-hydrogen) atoms. The maximum atomic E-state index is 4.28. The molecule has 0 aromatic carbocycles. The summed E-state index contributed by atoms with van der Waals surface area (Å²) in [5.41, 5.74) is 4.55. The van der Waals surface area contributed by atoms with Crippen LogP contribution in [0.4, 0.5) is 0 Å². The lowest BCUT2D eigenvalue weighted by Crippen LogP contribution is -2.47. The molecule has 1 aliphatic heterocycles. The zero-order chi connectivity index (χ0) is 28.3. The van der Waals surface area contributed by atoms with Gasteiger partial charge < -0.3 is 15.5 Å². The molecule has 0 amide bonds. The standard InChI is InChI=1S/C32H58N6/c1-10-12-13-30(7)33-16-17-34-31(8)14-15-32(9)38-24-21-35(18-11-2)19-20-36(27-28(3)4)22-23-37(25-26-38)29(5)6/h10-11,32-34H,1-3,5,7-8,12-27H2,4,6,9H3. The Labute approximate surface area is 235 Å². The molecule has 0 spiro atoms. The molecule has 1 fully saturated rings. The zero-order valence-corrected chi connectivity index (χ0v) is 25.1. The fraction of sp³-hybridized carbons (Fsp3) is 0.625. The minimum Gasteiger partial charge on any atom is -0.387 e. The minimum atomic E-state index is 0.478. The number of nitrogens with zero attached hydrogens (tertiary/aromatic N) is 4. The van der Waals surface area contributed by atoms with Gasteiger partial charge in [-0.3, -0.25) is 14.7 Å². The second kappa shape index (κ2) is 19.7. The first-order valence-corrected chi connectivity index (χ1v) is 14.4. The van der Waals surface area contributed by atoms with Crippen molar-refractivity contribution in [3.8, 4) is 0 Å². The topological polar surface area (TPSA) is 37.0 Å². The van der Waals surface area contributed by atoms with Crippen LogP contribution in [0, 0.1) is 0 Å². The predicted molar refractivity (Wildman–Crippen MR) is 168 cm³/mol. The first-order chi connectivity index (χ1) is 18.2. The van der Waals surface area contributed by atoms with E-state index in [2.05, 4.69) is 90.5 Å². The number of nitrogens with one attached hydrogen (secondary N) is 2. The van der Waals surface area contributed by atoms with Gasteiger partial charge in [0.15, 0.2) is 0 Å². The van der Waals surface area contributed by atoms with Crippen molar-refractivity contribution >= 4 is 0 Å². The lowest BCUT2D eigenvalue weighted by Gasteiger charge is -2.37. The van der Waals surface area contributed by atoms with Gasteiger partial charge in [0.25, 0.3) is 0 Å². The van der Waals surface area contributed by atoms with Crippen LogP contribution in [0.25, 0.3) is 0 Å².